The summed E-state index contributed by atoms with van der Waals surface area (Å²) < 4.78 is 6.97. The average molecular weight is 360 g/mol. The van der Waals surface area contributed by atoms with Gasteiger partial charge in [-0.25, -0.2) is 0 Å². The summed E-state index contributed by atoms with van der Waals surface area (Å²) in [4.78, 5) is 16.5. The van der Waals surface area contributed by atoms with Crippen LogP contribution < -0.4 is 0 Å². The van der Waals surface area contributed by atoms with Gasteiger partial charge >= 0.3 is 0 Å². The van der Waals surface area contributed by atoms with Crippen molar-refractivity contribution in [2.75, 3.05) is 20.1 Å². The van der Waals surface area contributed by atoms with Crippen molar-refractivity contribution in [3.8, 4) is 0 Å². The number of hydrogen-bond acceptors (Lipinski definition) is 5. The van der Waals surface area contributed by atoms with Gasteiger partial charge in [0.15, 0.2) is 5.58 Å². The number of benzene rings is 1. The minimum absolute atomic E-state index is 0.00332. The van der Waals surface area contributed by atoms with E-state index >= 15 is 0 Å². The lowest BCUT2D eigenvalue weighted by molar-refractivity contribution is 0.0328. The molecule has 0 bridgehead atoms. The number of nitrogens with zero attached hydrogens (tertiary/aromatic N) is 5. The second-order valence-electron chi connectivity index (χ2n) is 6.44. The molecule has 1 aliphatic rings. The van der Waals surface area contributed by atoms with Gasteiger partial charge in [-0.05, 0) is 18.2 Å². The van der Waals surface area contributed by atoms with E-state index in [9.17, 15) is 4.79 Å². The molecule has 3 heterocycles. The second kappa shape index (κ2) is 6.16. The van der Waals surface area contributed by atoms with E-state index in [1.54, 1.807) is 35.1 Å². The summed E-state index contributed by atoms with van der Waals surface area (Å²) in [6.07, 6.45) is 3.33. The van der Waals surface area contributed by atoms with Gasteiger partial charge in [0.25, 0.3) is 5.91 Å². The van der Waals surface area contributed by atoms with Gasteiger partial charge < -0.3 is 9.42 Å². The molecule has 2 aromatic heterocycles. The SMILES string of the molecule is CN(C(=O)c1cnn(C)c1)C1CN(Cc2noc3ccc(Cl)cc23)C1. The fourth-order valence-electron chi connectivity index (χ4n) is 3.10. The standard InChI is InChI=1S/C17H18ClN5O2/c1-21-7-11(6-19-21)17(24)22(2)13-8-23(9-13)10-15-14-5-12(18)3-4-16(14)25-20-15/h3-7,13H,8-10H2,1-2H3. The van der Waals surface area contributed by atoms with Crippen LogP contribution in [0.4, 0.5) is 0 Å². The van der Waals surface area contributed by atoms with Crippen molar-refractivity contribution in [3.05, 3.63) is 46.9 Å². The van der Waals surface area contributed by atoms with Crippen LogP contribution in [0.25, 0.3) is 11.0 Å². The van der Waals surface area contributed by atoms with Gasteiger partial charge in [0.2, 0.25) is 0 Å². The predicted octanol–water partition coefficient (Wildman–Crippen LogP) is 2.17. The quantitative estimate of drug-likeness (QED) is 0.714. The number of likely N-dealkylation sites (tertiary alicyclic amines) is 1. The highest BCUT2D eigenvalue weighted by Gasteiger charge is 2.33. The van der Waals surface area contributed by atoms with E-state index in [1.165, 1.54) is 0 Å². The van der Waals surface area contributed by atoms with Crippen molar-refractivity contribution in [3.63, 3.8) is 0 Å². The van der Waals surface area contributed by atoms with E-state index in [2.05, 4.69) is 15.2 Å². The number of rotatable bonds is 4. The Labute approximate surface area is 149 Å². The number of hydrogen-bond donors (Lipinski definition) is 0. The Morgan fingerprint density at radius 1 is 1.44 bits per heavy atom. The van der Waals surface area contributed by atoms with Gasteiger partial charge in [-0.2, -0.15) is 5.10 Å². The number of fused-ring (bicyclic) bond motifs is 1. The zero-order valence-electron chi connectivity index (χ0n) is 14.0. The zero-order chi connectivity index (χ0) is 17.6. The molecule has 8 heteroatoms. The Kier molecular flexibility index (Phi) is 3.97. The van der Waals surface area contributed by atoms with Crippen LogP contribution in [0.1, 0.15) is 16.1 Å². The lowest BCUT2D eigenvalue weighted by Gasteiger charge is -2.43. The fraction of sp³-hybridized carbons (Fsp3) is 0.353. The van der Waals surface area contributed by atoms with Gasteiger partial charge in [0.1, 0.15) is 5.69 Å². The molecule has 7 nitrogen and oxygen atoms in total. The van der Waals surface area contributed by atoms with Gasteiger partial charge in [0, 0.05) is 50.3 Å². The number of carbonyl (C=O) groups excluding carboxylic acids is 1. The number of carbonyl (C=O) groups is 1. The molecule has 4 rings (SSSR count). The first kappa shape index (κ1) is 16.1. The third-order valence-corrected chi connectivity index (χ3v) is 4.87. The normalized spacial score (nSPS) is 15.5. The maximum absolute atomic E-state index is 12.4. The molecule has 0 radical (unpaired) electrons. The van der Waals surface area contributed by atoms with E-state index in [-0.39, 0.29) is 11.9 Å². The minimum atomic E-state index is -0.00332. The average Bonchev–Trinajstić information content (AvgIpc) is 3.15. The molecule has 3 aromatic rings. The third kappa shape index (κ3) is 3.01. The molecule has 1 saturated heterocycles. The fourth-order valence-corrected chi connectivity index (χ4v) is 3.28. The Bertz CT molecular complexity index is 928. The summed E-state index contributed by atoms with van der Waals surface area (Å²) in [7, 11) is 3.64. The maximum atomic E-state index is 12.4. The Balaban J connectivity index is 1.38. The van der Waals surface area contributed by atoms with Gasteiger partial charge in [-0.15, -0.1) is 0 Å². The number of halogens is 1. The molecule has 0 saturated carbocycles. The first-order valence-corrected chi connectivity index (χ1v) is 8.41. The molecule has 0 N–H and O–H groups in total. The van der Waals surface area contributed by atoms with Crippen molar-refractivity contribution >= 4 is 28.5 Å². The predicted molar refractivity (Wildman–Crippen MR) is 93.4 cm³/mol. The van der Waals surface area contributed by atoms with E-state index in [4.69, 9.17) is 16.1 Å². The smallest absolute Gasteiger partial charge is 0.257 e. The van der Waals surface area contributed by atoms with Crippen molar-refractivity contribution in [2.24, 2.45) is 7.05 Å². The van der Waals surface area contributed by atoms with Gasteiger partial charge in [0.05, 0.1) is 17.8 Å². The molecule has 1 aliphatic heterocycles. The van der Waals surface area contributed by atoms with Crippen LogP contribution in [0.2, 0.25) is 5.02 Å². The van der Waals surface area contributed by atoms with E-state index in [0.717, 1.165) is 29.8 Å². The van der Waals surface area contributed by atoms with Crippen LogP contribution in [-0.4, -0.2) is 56.8 Å². The number of aryl methyl sites for hydroxylation is 1. The first-order valence-electron chi connectivity index (χ1n) is 8.03. The van der Waals surface area contributed by atoms with Crippen molar-refractivity contribution in [2.45, 2.75) is 12.6 Å². The van der Waals surface area contributed by atoms with E-state index in [1.807, 2.05) is 19.2 Å². The van der Waals surface area contributed by atoms with Gasteiger partial charge in [-0.3, -0.25) is 14.4 Å². The molecule has 0 unspecified atom stereocenters. The van der Waals surface area contributed by atoms with Crippen molar-refractivity contribution in [1.82, 2.24) is 24.7 Å². The molecule has 1 fully saturated rings. The summed E-state index contributed by atoms with van der Waals surface area (Å²) in [6.45, 7) is 2.29. The lowest BCUT2D eigenvalue weighted by Crippen LogP contribution is -2.59. The van der Waals surface area contributed by atoms with Crippen LogP contribution >= 0.6 is 11.6 Å². The minimum Gasteiger partial charge on any atom is -0.356 e. The van der Waals surface area contributed by atoms with Crippen LogP contribution in [-0.2, 0) is 13.6 Å². The van der Waals surface area contributed by atoms with Crippen LogP contribution in [0.3, 0.4) is 0 Å². The van der Waals surface area contributed by atoms with Crippen molar-refractivity contribution < 1.29 is 9.32 Å². The molecule has 1 aromatic carbocycles. The van der Waals surface area contributed by atoms with Crippen LogP contribution in [0, 0.1) is 0 Å². The molecular weight excluding hydrogens is 342 g/mol. The monoisotopic (exact) mass is 359 g/mol. The molecule has 25 heavy (non-hydrogen) atoms. The molecular formula is C17H18ClN5O2. The third-order valence-electron chi connectivity index (χ3n) is 4.64. The largest absolute Gasteiger partial charge is 0.356 e. The summed E-state index contributed by atoms with van der Waals surface area (Å²) in [5.74, 6) is -0.00332. The number of aromatic nitrogens is 3. The zero-order valence-corrected chi connectivity index (χ0v) is 14.8. The second-order valence-corrected chi connectivity index (χ2v) is 6.87. The van der Waals surface area contributed by atoms with E-state index in [0.29, 0.717) is 17.1 Å². The summed E-state index contributed by atoms with van der Waals surface area (Å²) in [5, 5.41) is 9.81. The topological polar surface area (TPSA) is 67.4 Å². The lowest BCUT2D eigenvalue weighted by atomic mass is 10.1. The highest BCUT2D eigenvalue weighted by molar-refractivity contribution is 6.31. The first-order chi connectivity index (χ1) is 12.0. The summed E-state index contributed by atoms with van der Waals surface area (Å²) in [6, 6.07) is 5.68. The molecule has 130 valence electrons. The van der Waals surface area contributed by atoms with Gasteiger partial charge in [-0.1, -0.05) is 16.8 Å². The molecule has 0 atom stereocenters. The molecule has 0 aliphatic carbocycles. The highest BCUT2D eigenvalue weighted by atomic mass is 35.5. The van der Waals surface area contributed by atoms with Crippen molar-refractivity contribution in [1.29, 1.82) is 0 Å². The Morgan fingerprint density at radius 3 is 2.96 bits per heavy atom. The van der Waals surface area contributed by atoms with Crippen LogP contribution in [0.5, 0.6) is 0 Å². The maximum Gasteiger partial charge on any atom is 0.257 e. The molecule has 1 amide bonds. The number of amides is 1. The summed E-state index contributed by atoms with van der Waals surface area (Å²) in [5.41, 5.74) is 2.22. The number of likely N-dealkylation sites (N-methyl/N-ethyl adjacent to an activating group) is 1. The Morgan fingerprint density at radius 2 is 2.24 bits per heavy atom. The summed E-state index contributed by atoms with van der Waals surface area (Å²) >= 11 is 6.06. The highest BCUT2D eigenvalue weighted by Crippen LogP contribution is 2.25. The Hall–Kier alpha value is -2.38. The molecule has 0 spiro atoms. The van der Waals surface area contributed by atoms with E-state index < -0.39 is 0 Å². The van der Waals surface area contributed by atoms with Crippen LogP contribution in [0.15, 0.2) is 35.1 Å².